The molecule has 0 saturated carbocycles. The van der Waals surface area contributed by atoms with Crippen molar-refractivity contribution in [3.05, 3.63) is 15.8 Å². The highest BCUT2D eigenvalue weighted by molar-refractivity contribution is 8.00. The van der Waals surface area contributed by atoms with E-state index in [4.69, 9.17) is 4.74 Å². The van der Waals surface area contributed by atoms with Gasteiger partial charge in [-0.05, 0) is 24.3 Å². The average Bonchev–Trinajstić information content (AvgIpc) is 2.89. The van der Waals surface area contributed by atoms with Crippen LogP contribution in [0.3, 0.4) is 0 Å². The Morgan fingerprint density at radius 1 is 1.52 bits per heavy atom. The number of aryl methyl sites for hydroxylation is 1. The van der Waals surface area contributed by atoms with E-state index in [-0.39, 0.29) is 9.77 Å². The first-order valence-electron chi connectivity index (χ1n) is 6.70. The van der Waals surface area contributed by atoms with Crippen LogP contribution in [-0.2, 0) is 14.8 Å². The minimum atomic E-state index is -3.65. The van der Waals surface area contributed by atoms with Crippen molar-refractivity contribution in [3.8, 4) is 0 Å². The normalized spacial score (nSPS) is 20.4. The van der Waals surface area contributed by atoms with Gasteiger partial charge in [-0.1, -0.05) is 6.92 Å². The number of esters is 1. The molecule has 118 valence electrons. The van der Waals surface area contributed by atoms with Gasteiger partial charge in [-0.25, -0.2) is 13.2 Å². The zero-order valence-corrected chi connectivity index (χ0v) is 14.7. The molecule has 1 saturated heterocycles. The average molecular weight is 349 g/mol. The van der Waals surface area contributed by atoms with E-state index in [1.165, 1.54) is 11.4 Å². The lowest BCUT2D eigenvalue weighted by Gasteiger charge is -2.31. The van der Waals surface area contributed by atoms with Gasteiger partial charge in [0, 0.05) is 24.1 Å². The maximum atomic E-state index is 12.9. The van der Waals surface area contributed by atoms with Crippen molar-refractivity contribution < 1.29 is 17.9 Å². The SMILES string of the molecule is CCC1CN(S(=O)(=O)c2c(C)csc2C(=O)OC)CCS1. The highest BCUT2D eigenvalue weighted by Crippen LogP contribution is 2.32. The number of carbonyl (C=O) groups excluding carboxylic acids is 1. The Balaban J connectivity index is 2.40. The molecule has 1 aromatic heterocycles. The van der Waals surface area contributed by atoms with Crippen molar-refractivity contribution in [1.29, 1.82) is 0 Å². The van der Waals surface area contributed by atoms with E-state index in [9.17, 15) is 13.2 Å². The molecule has 5 nitrogen and oxygen atoms in total. The molecule has 1 unspecified atom stereocenters. The molecule has 0 N–H and O–H groups in total. The molecule has 0 aliphatic carbocycles. The van der Waals surface area contributed by atoms with E-state index in [2.05, 4.69) is 6.92 Å². The van der Waals surface area contributed by atoms with Gasteiger partial charge in [0.2, 0.25) is 10.0 Å². The molecule has 1 aliphatic heterocycles. The third kappa shape index (κ3) is 3.28. The van der Waals surface area contributed by atoms with E-state index in [1.807, 2.05) is 0 Å². The molecule has 0 amide bonds. The van der Waals surface area contributed by atoms with Crippen LogP contribution in [0.4, 0.5) is 0 Å². The van der Waals surface area contributed by atoms with Crippen molar-refractivity contribution in [2.75, 3.05) is 26.0 Å². The highest BCUT2D eigenvalue weighted by Gasteiger charge is 2.35. The summed E-state index contributed by atoms with van der Waals surface area (Å²) < 4.78 is 32.0. The van der Waals surface area contributed by atoms with Crippen LogP contribution in [-0.4, -0.2) is 49.9 Å². The molecule has 2 rings (SSSR count). The maximum absolute atomic E-state index is 12.9. The molecular formula is C13H19NO4S3. The summed E-state index contributed by atoms with van der Waals surface area (Å²) in [6.45, 7) is 4.76. The Labute approximate surface area is 133 Å². The van der Waals surface area contributed by atoms with Crippen LogP contribution in [0.25, 0.3) is 0 Å². The topological polar surface area (TPSA) is 63.7 Å². The lowest BCUT2D eigenvalue weighted by Crippen LogP contribution is -2.42. The van der Waals surface area contributed by atoms with Crippen molar-refractivity contribution in [2.24, 2.45) is 0 Å². The molecule has 1 fully saturated rings. The molecule has 0 bridgehead atoms. The van der Waals surface area contributed by atoms with Gasteiger partial charge in [0.15, 0.2) is 0 Å². The fourth-order valence-corrected chi connectivity index (χ4v) is 6.81. The quantitative estimate of drug-likeness (QED) is 0.781. The van der Waals surface area contributed by atoms with E-state index >= 15 is 0 Å². The third-order valence-corrected chi connectivity index (χ3v) is 8.08. The first-order valence-corrected chi connectivity index (χ1v) is 10.1. The largest absolute Gasteiger partial charge is 0.465 e. The number of hydrogen-bond acceptors (Lipinski definition) is 6. The van der Waals surface area contributed by atoms with Crippen molar-refractivity contribution in [2.45, 2.75) is 30.4 Å². The predicted molar refractivity (Wildman–Crippen MR) is 85.7 cm³/mol. The van der Waals surface area contributed by atoms with Crippen LogP contribution in [0.2, 0.25) is 0 Å². The van der Waals surface area contributed by atoms with Gasteiger partial charge in [-0.2, -0.15) is 16.1 Å². The Morgan fingerprint density at radius 2 is 2.24 bits per heavy atom. The molecule has 1 aromatic rings. The van der Waals surface area contributed by atoms with E-state index in [0.29, 0.717) is 23.9 Å². The smallest absolute Gasteiger partial charge is 0.349 e. The Bertz CT molecular complexity index is 623. The summed E-state index contributed by atoms with van der Waals surface area (Å²) in [5, 5.41) is 2.00. The summed E-state index contributed by atoms with van der Waals surface area (Å²) in [6, 6.07) is 0. The monoisotopic (exact) mass is 349 g/mol. The Hall–Kier alpha value is -0.570. The minimum absolute atomic E-state index is 0.112. The number of thiophene rings is 1. The third-order valence-electron chi connectivity index (χ3n) is 3.44. The first-order chi connectivity index (χ1) is 9.91. The second-order valence-electron chi connectivity index (χ2n) is 4.83. The second kappa shape index (κ2) is 6.68. The molecule has 1 aliphatic rings. The summed E-state index contributed by atoms with van der Waals surface area (Å²) >= 11 is 2.93. The Kier molecular flexibility index (Phi) is 5.34. The van der Waals surface area contributed by atoms with Gasteiger partial charge in [-0.3, -0.25) is 0 Å². The number of nitrogens with zero attached hydrogens (tertiary/aromatic N) is 1. The highest BCUT2D eigenvalue weighted by atomic mass is 32.2. The van der Waals surface area contributed by atoms with Crippen LogP contribution in [0.5, 0.6) is 0 Å². The van der Waals surface area contributed by atoms with Crippen LogP contribution in [0, 0.1) is 6.92 Å². The zero-order chi connectivity index (χ0) is 15.6. The molecule has 8 heteroatoms. The van der Waals surface area contributed by atoms with E-state index in [1.54, 1.807) is 24.1 Å². The predicted octanol–water partition coefficient (Wildman–Crippen LogP) is 2.36. The van der Waals surface area contributed by atoms with Crippen molar-refractivity contribution in [3.63, 3.8) is 0 Å². The summed E-state index contributed by atoms with van der Waals surface area (Å²) in [4.78, 5) is 12.1. The Morgan fingerprint density at radius 3 is 2.86 bits per heavy atom. The number of thioether (sulfide) groups is 1. The summed E-state index contributed by atoms with van der Waals surface area (Å²) in [5.74, 6) is 0.194. The van der Waals surface area contributed by atoms with Gasteiger partial charge in [0.25, 0.3) is 0 Å². The fraction of sp³-hybridized carbons (Fsp3) is 0.615. The van der Waals surface area contributed by atoms with Gasteiger partial charge < -0.3 is 4.74 Å². The summed E-state index contributed by atoms with van der Waals surface area (Å²) in [6.07, 6.45) is 0.934. The van der Waals surface area contributed by atoms with Crippen LogP contribution in [0.1, 0.15) is 28.6 Å². The number of rotatable bonds is 4. The molecule has 21 heavy (non-hydrogen) atoms. The second-order valence-corrected chi connectivity index (χ2v) is 9.00. The van der Waals surface area contributed by atoms with Crippen LogP contribution < -0.4 is 0 Å². The number of hydrogen-bond donors (Lipinski definition) is 0. The van der Waals surface area contributed by atoms with Crippen molar-refractivity contribution >= 4 is 39.1 Å². The van der Waals surface area contributed by atoms with Crippen molar-refractivity contribution in [1.82, 2.24) is 4.31 Å². The number of carbonyl (C=O) groups is 1. The molecular weight excluding hydrogens is 330 g/mol. The number of ether oxygens (including phenoxy) is 1. The first kappa shape index (κ1) is 16.8. The standard InChI is InChI=1S/C13H19NO4S3/c1-4-10-7-14(5-6-19-10)21(16,17)12-9(2)8-20-11(12)13(15)18-3/h8,10H,4-7H2,1-3H3. The van der Waals surface area contributed by atoms with Gasteiger partial charge in [-0.15, -0.1) is 11.3 Å². The van der Waals surface area contributed by atoms with E-state index < -0.39 is 16.0 Å². The molecule has 0 aromatic carbocycles. The lowest BCUT2D eigenvalue weighted by atomic mass is 10.3. The van der Waals surface area contributed by atoms with Crippen LogP contribution in [0.15, 0.2) is 10.3 Å². The number of sulfonamides is 1. The van der Waals surface area contributed by atoms with Gasteiger partial charge >= 0.3 is 5.97 Å². The molecule has 0 radical (unpaired) electrons. The molecule has 0 spiro atoms. The summed E-state index contributed by atoms with van der Waals surface area (Å²) in [7, 11) is -2.39. The molecule has 1 atom stereocenters. The fourth-order valence-electron chi connectivity index (χ4n) is 2.27. The minimum Gasteiger partial charge on any atom is -0.465 e. The maximum Gasteiger partial charge on any atom is 0.349 e. The van der Waals surface area contributed by atoms with Gasteiger partial charge in [0.05, 0.1) is 7.11 Å². The molecule has 2 heterocycles. The number of methoxy groups -OCH3 is 1. The summed E-state index contributed by atoms with van der Waals surface area (Å²) in [5.41, 5.74) is 0.603. The zero-order valence-electron chi connectivity index (χ0n) is 12.3. The van der Waals surface area contributed by atoms with Crippen LogP contribution >= 0.6 is 23.1 Å². The lowest BCUT2D eigenvalue weighted by molar-refractivity contribution is 0.0602. The van der Waals surface area contributed by atoms with Gasteiger partial charge in [0.1, 0.15) is 9.77 Å². The van der Waals surface area contributed by atoms with E-state index in [0.717, 1.165) is 23.5 Å².